The number of aromatic nitrogens is 1. The number of amides is 2. The minimum atomic E-state index is -3.86. The first-order chi connectivity index (χ1) is 18.6. The lowest BCUT2D eigenvalue weighted by molar-refractivity contribution is -0.00302. The number of sulfonamides is 1. The van der Waals surface area contributed by atoms with Crippen LogP contribution in [0.4, 0.5) is 21.9 Å². The summed E-state index contributed by atoms with van der Waals surface area (Å²) in [7, 11) is -3.86. The third kappa shape index (κ3) is 7.89. The van der Waals surface area contributed by atoms with Gasteiger partial charge in [0.2, 0.25) is 0 Å². The second kappa shape index (κ2) is 12.4. The van der Waals surface area contributed by atoms with Crippen LogP contribution in [0.15, 0.2) is 95.3 Å². The summed E-state index contributed by atoms with van der Waals surface area (Å²) in [6.07, 6.45) is 2.19. The molecule has 0 atom stereocenters. The first-order valence-electron chi connectivity index (χ1n) is 12.5. The van der Waals surface area contributed by atoms with Crippen LogP contribution in [0.3, 0.4) is 0 Å². The van der Waals surface area contributed by atoms with E-state index >= 15 is 0 Å². The van der Waals surface area contributed by atoms with Gasteiger partial charge in [0, 0.05) is 30.7 Å². The molecule has 4 rings (SSSR count). The van der Waals surface area contributed by atoms with E-state index in [0.29, 0.717) is 30.1 Å². The number of rotatable bonds is 10. The number of pyridine rings is 1. The minimum Gasteiger partial charge on any atom is -0.376 e. The van der Waals surface area contributed by atoms with E-state index < -0.39 is 16.1 Å². The molecule has 0 aliphatic rings. The number of carbonyl (C=O) groups excluding carboxylic acids is 1. The van der Waals surface area contributed by atoms with E-state index in [1.807, 2.05) is 57.2 Å². The molecule has 10 heteroatoms. The van der Waals surface area contributed by atoms with Crippen LogP contribution in [-0.2, 0) is 14.8 Å². The second-order valence-corrected chi connectivity index (χ2v) is 12.9. The summed E-state index contributed by atoms with van der Waals surface area (Å²) < 4.78 is 35.1. The first kappa shape index (κ1) is 28.3. The number of anilines is 3. The molecular weight excluding hydrogens is 532 g/mol. The summed E-state index contributed by atoms with van der Waals surface area (Å²) in [6, 6.07) is 24.4. The van der Waals surface area contributed by atoms with Gasteiger partial charge in [0.05, 0.1) is 21.9 Å². The largest absolute Gasteiger partial charge is 0.376 e. The predicted octanol–water partition coefficient (Wildman–Crippen LogP) is 6.85. The quantitative estimate of drug-likeness (QED) is 0.205. The molecule has 0 saturated carbocycles. The highest BCUT2D eigenvalue weighted by molar-refractivity contribution is 7.94. The maximum Gasteiger partial charge on any atom is 0.323 e. The Kier molecular flexibility index (Phi) is 9.01. The number of hydrogen-bond donors (Lipinski definition) is 2. The third-order valence-corrected chi connectivity index (χ3v) is 8.93. The molecule has 0 spiro atoms. The van der Waals surface area contributed by atoms with Crippen LogP contribution < -0.4 is 14.9 Å². The van der Waals surface area contributed by atoms with Gasteiger partial charge in [-0.05, 0) is 87.9 Å². The zero-order valence-electron chi connectivity index (χ0n) is 22.1. The molecule has 2 heterocycles. The van der Waals surface area contributed by atoms with Crippen LogP contribution in [-0.4, -0.2) is 38.2 Å². The summed E-state index contributed by atoms with van der Waals surface area (Å²) in [5.41, 5.74) is 2.10. The Bertz CT molecular complexity index is 1470. The number of benzene rings is 2. The molecule has 2 aromatic carbocycles. The number of carbonyl (C=O) groups is 1. The summed E-state index contributed by atoms with van der Waals surface area (Å²) in [5, 5.41) is 5.54. The number of nitrogens with one attached hydrogen (secondary N) is 2. The number of urea groups is 1. The molecule has 204 valence electrons. The smallest absolute Gasteiger partial charge is 0.323 e. The monoisotopic (exact) mass is 564 g/mol. The number of nitrogens with zero attached hydrogens (tertiary/aromatic N) is 2. The molecule has 0 bridgehead atoms. The molecule has 4 aromatic rings. The zero-order chi connectivity index (χ0) is 27.9. The molecule has 8 nitrogen and oxygen atoms in total. The number of thiophene rings is 1. The van der Waals surface area contributed by atoms with Crippen LogP contribution in [0, 0.1) is 0 Å². The fourth-order valence-electron chi connectivity index (χ4n) is 3.71. The van der Waals surface area contributed by atoms with E-state index in [1.165, 1.54) is 15.6 Å². The Balaban J connectivity index is 1.53. The van der Waals surface area contributed by atoms with E-state index in [-0.39, 0.29) is 16.4 Å². The third-order valence-electron chi connectivity index (χ3n) is 5.53. The lowest BCUT2D eigenvalue weighted by Gasteiger charge is -2.25. The van der Waals surface area contributed by atoms with Crippen molar-refractivity contribution in [3.8, 4) is 10.6 Å². The van der Waals surface area contributed by atoms with Gasteiger partial charge < -0.3 is 15.4 Å². The second-order valence-electron chi connectivity index (χ2n) is 9.72. The topological polar surface area (TPSA) is 101 Å². The van der Waals surface area contributed by atoms with Crippen molar-refractivity contribution in [2.75, 3.05) is 28.1 Å². The summed E-state index contributed by atoms with van der Waals surface area (Å²) >= 11 is 1.18. The Labute approximate surface area is 233 Å². The number of ether oxygens (including phenoxy) is 1. The van der Waals surface area contributed by atoms with Gasteiger partial charge in [-0.15, -0.1) is 11.3 Å². The van der Waals surface area contributed by atoms with E-state index in [9.17, 15) is 13.2 Å². The molecule has 0 aliphatic carbocycles. The SMILES string of the molecule is CC(C)(C)OCCCN(c1ccc(NC(=O)Nc2ccccc2)cc1)S(=O)(=O)c1ccc(-c2ccccn2)s1. The van der Waals surface area contributed by atoms with E-state index in [4.69, 9.17) is 4.74 Å². The molecule has 2 aromatic heterocycles. The van der Waals surface area contributed by atoms with Gasteiger partial charge in [-0.2, -0.15) is 0 Å². The predicted molar refractivity (Wildman–Crippen MR) is 158 cm³/mol. The Morgan fingerprint density at radius 2 is 1.56 bits per heavy atom. The van der Waals surface area contributed by atoms with Crippen molar-refractivity contribution in [2.45, 2.75) is 37.0 Å². The normalized spacial score (nSPS) is 11.7. The van der Waals surface area contributed by atoms with Crippen molar-refractivity contribution in [3.05, 3.63) is 91.1 Å². The first-order valence-corrected chi connectivity index (χ1v) is 14.8. The lowest BCUT2D eigenvalue weighted by Crippen LogP contribution is -2.32. The van der Waals surface area contributed by atoms with Gasteiger partial charge in [0.25, 0.3) is 10.0 Å². The van der Waals surface area contributed by atoms with Gasteiger partial charge in [-0.25, -0.2) is 13.2 Å². The minimum absolute atomic E-state index is 0.226. The summed E-state index contributed by atoms with van der Waals surface area (Å²) in [4.78, 5) is 17.5. The van der Waals surface area contributed by atoms with Crippen LogP contribution in [0.25, 0.3) is 10.6 Å². The van der Waals surface area contributed by atoms with Crippen LogP contribution >= 0.6 is 11.3 Å². The molecule has 39 heavy (non-hydrogen) atoms. The molecule has 0 aliphatic heterocycles. The molecule has 0 unspecified atom stereocenters. The van der Waals surface area contributed by atoms with Crippen molar-refractivity contribution in [1.82, 2.24) is 4.98 Å². The Morgan fingerprint density at radius 1 is 0.897 bits per heavy atom. The number of hydrogen-bond acceptors (Lipinski definition) is 6. The highest BCUT2D eigenvalue weighted by atomic mass is 32.2. The van der Waals surface area contributed by atoms with E-state index in [2.05, 4.69) is 15.6 Å². The highest BCUT2D eigenvalue weighted by Gasteiger charge is 2.27. The maximum atomic E-state index is 13.8. The molecule has 0 radical (unpaired) electrons. The molecule has 2 N–H and O–H groups in total. The Morgan fingerprint density at radius 3 is 2.21 bits per heavy atom. The van der Waals surface area contributed by atoms with E-state index in [0.717, 1.165) is 10.6 Å². The number of para-hydroxylation sites is 1. The average molecular weight is 565 g/mol. The Hall–Kier alpha value is -3.73. The van der Waals surface area contributed by atoms with Gasteiger partial charge in [0.15, 0.2) is 0 Å². The molecular formula is C29H32N4O4S2. The summed E-state index contributed by atoms with van der Waals surface area (Å²) in [5.74, 6) is 0. The van der Waals surface area contributed by atoms with E-state index in [1.54, 1.807) is 54.7 Å². The zero-order valence-corrected chi connectivity index (χ0v) is 23.8. The fourth-order valence-corrected chi connectivity index (χ4v) is 6.61. The maximum absolute atomic E-state index is 13.8. The van der Waals surface area contributed by atoms with Gasteiger partial charge in [-0.3, -0.25) is 9.29 Å². The van der Waals surface area contributed by atoms with Crippen molar-refractivity contribution >= 4 is 44.5 Å². The fraction of sp³-hybridized carbons (Fsp3) is 0.241. The van der Waals surface area contributed by atoms with Crippen molar-refractivity contribution < 1.29 is 17.9 Å². The van der Waals surface area contributed by atoms with Crippen LogP contribution in [0.5, 0.6) is 0 Å². The molecule has 0 fully saturated rings. The lowest BCUT2D eigenvalue weighted by atomic mass is 10.2. The van der Waals surface area contributed by atoms with Crippen molar-refractivity contribution in [2.24, 2.45) is 0 Å². The molecule has 2 amide bonds. The van der Waals surface area contributed by atoms with Crippen LogP contribution in [0.2, 0.25) is 0 Å². The van der Waals surface area contributed by atoms with Gasteiger partial charge in [0.1, 0.15) is 4.21 Å². The average Bonchev–Trinajstić information content (AvgIpc) is 3.41. The highest BCUT2D eigenvalue weighted by Crippen LogP contribution is 2.33. The molecule has 0 saturated heterocycles. The van der Waals surface area contributed by atoms with Crippen molar-refractivity contribution in [3.63, 3.8) is 0 Å². The van der Waals surface area contributed by atoms with Gasteiger partial charge in [-0.1, -0.05) is 24.3 Å². The summed E-state index contributed by atoms with van der Waals surface area (Å²) in [6.45, 7) is 6.54. The van der Waals surface area contributed by atoms with Crippen LogP contribution in [0.1, 0.15) is 27.2 Å². The van der Waals surface area contributed by atoms with Gasteiger partial charge >= 0.3 is 6.03 Å². The van der Waals surface area contributed by atoms with Crippen molar-refractivity contribution in [1.29, 1.82) is 0 Å². The standard InChI is InChI=1S/C29H32N4O4S2/c1-29(2,3)37-21-9-20-33(39(35,36)27-18-17-26(38-27)25-12-7-8-19-30-25)24-15-13-23(14-16-24)32-28(34)31-22-10-5-4-6-11-22/h4-8,10-19H,9,20-21H2,1-3H3,(H2,31,32,34).